The molecule has 1 unspecified atom stereocenters. The molecule has 0 N–H and O–H groups in total. The molecule has 29 heavy (non-hydrogen) atoms. The lowest BCUT2D eigenvalue weighted by molar-refractivity contribution is 0.276. The topological polar surface area (TPSA) is 15.6 Å². The number of benzene rings is 2. The maximum absolute atomic E-state index is 4.39. The van der Waals surface area contributed by atoms with Crippen molar-refractivity contribution in [2.45, 2.75) is 46.7 Å². The van der Waals surface area contributed by atoms with Crippen molar-refractivity contribution in [2.75, 3.05) is 7.05 Å². The molecule has 0 bridgehead atoms. The first-order valence-corrected chi connectivity index (χ1v) is 10.3. The van der Waals surface area contributed by atoms with Crippen molar-refractivity contribution in [1.82, 2.24) is 4.90 Å². The summed E-state index contributed by atoms with van der Waals surface area (Å²) >= 11 is 0. The van der Waals surface area contributed by atoms with Crippen LogP contribution in [0.1, 0.15) is 48.6 Å². The number of hydrogen-bond acceptors (Lipinski definition) is 2. The second kappa shape index (κ2) is 11.3. The Kier molecular flexibility index (Phi) is 8.82. The Morgan fingerprint density at radius 1 is 1.10 bits per heavy atom. The first-order chi connectivity index (χ1) is 14.0. The third-order valence-corrected chi connectivity index (χ3v) is 4.89. The Bertz CT molecular complexity index is 868. The molecule has 0 heterocycles. The molecular weight excluding hydrogens is 352 g/mol. The summed E-state index contributed by atoms with van der Waals surface area (Å²) in [5.41, 5.74) is 7.17. The summed E-state index contributed by atoms with van der Waals surface area (Å²) in [5, 5.41) is 0. The van der Waals surface area contributed by atoms with Gasteiger partial charge in [0.1, 0.15) is 0 Å². The lowest BCUT2D eigenvalue weighted by Gasteiger charge is -2.27. The van der Waals surface area contributed by atoms with E-state index in [0.29, 0.717) is 0 Å². The van der Waals surface area contributed by atoms with Crippen LogP contribution < -0.4 is 0 Å². The molecule has 0 aliphatic heterocycles. The van der Waals surface area contributed by atoms with Crippen LogP contribution in [0.4, 0.5) is 0 Å². The fourth-order valence-corrected chi connectivity index (χ4v) is 3.68. The smallest absolute Gasteiger partial charge is 0.0670 e. The summed E-state index contributed by atoms with van der Waals surface area (Å²) in [4.78, 5) is 6.76. The molecule has 0 aliphatic carbocycles. The van der Waals surface area contributed by atoms with Crippen molar-refractivity contribution < 1.29 is 0 Å². The number of aliphatic imine (C=N–C) groups is 1. The summed E-state index contributed by atoms with van der Waals surface area (Å²) in [5.74, 6) is 0. The number of nitrogens with zero attached hydrogens (tertiary/aromatic N) is 2. The molecule has 2 aromatic carbocycles. The predicted molar refractivity (Wildman–Crippen MR) is 127 cm³/mol. The van der Waals surface area contributed by atoms with Gasteiger partial charge < -0.3 is 0 Å². The molecule has 1 atom stereocenters. The van der Waals surface area contributed by atoms with E-state index in [1.807, 2.05) is 6.92 Å². The maximum Gasteiger partial charge on any atom is 0.0670 e. The van der Waals surface area contributed by atoms with E-state index in [9.17, 15) is 0 Å². The van der Waals surface area contributed by atoms with Gasteiger partial charge in [-0.2, -0.15) is 0 Å². The minimum atomic E-state index is 0.0971. The molecule has 2 nitrogen and oxygen atoms in total. The summed E-state index contributed by atoms with van der Waals surface area (Å²) < 4.78 is 0. The Labute approximate surface area is 177 Å². The zero-order valence-corrected chi connectivity index (χ0v) is 18.5. The third-order valence-electron chi connectivity index (χ3n) is 4.89. The van der Waals surface area contributed by atoms with E-state index >= 15 is 0 Å². The largest absolute Gasteiger partial charge is 0.292 e. The van der Waals surface area contributed by atoms with E-state index in [2.05, 4.69) is 117 Å². The lowest BCUT2D eigenvalue weighted by atomic mass is 9.97. The van der Waals surface area contributed by atoms with Crippen LogP contribution in [0.15, 0.2) is 89.1 Å². The number of aryl methyl sites for hydroxylation is 2. The van der Waals surface area contributed by atoms with Gasteiger partial charge in [0.2, 0.25) is 0 Å². The van der Waals surface area contributed by atoms with Crippen LogP contribution >= 0.6 is 0 Å². The van der Waals surface area contributed by atoms with Gasteiger partial charge in [-0.15, -0.1) is 0 Å². The van der Waals surface area contributed by atoms with Crippen molar-refractivity contribution in [3.05, 3.63) is 106 Å². The number of allylic oxidation sites excluding steroid dienone is 3. The minimum absolute atomic E-state index is 0.0971. The highest BCUT2D eigenvalue weighted by molar-refractivity contribution is 5.46. The molecule has 0 saturated carbocycles. The third kappa shape index (κ3) is 6.69. The highest BCUT2D eigenvalue weighted by Crippen LogP contribution is 2.28. The minimum Gasteiger partial charge on any atom is -0.292 e. The monoisotopic (exact) mass is 386 g/mol. The molecule has 0 spiro atoms. The van der Waals surface area contributed by atoms with Gasteiger partial charge in [0, 0.05) is 6.54 Å². The van der Waals surface area contributed by atoms with E-state index in [-0.39, 0.29) is 6.04 Å². The van der Waals surface area contributed by atoms with Crippen LogP contribution in [0, 0.1) is 13.8 Å². The Morgan fingerprint density at radius 3 is 2.31 bits per heavy atom. The van der Waals surface area contributed by atoms with Crippen LogP contribution in [-0.4, -0.2) is 18.7 Å². The Morgan fingerprint density at radius 2 is 1.76 bits per heavy atom. The van der Waals surface area contributed by atoms with Crippen molar-refractivity contribution >= 4 is 6.72 Å². The van der Waals surface area contributed by atoms with Crippen molar-refractivity contribution in [3.63, 3.8) is 0 Å². The average Bonchev–Trinajstić information content (AvgIpc) is 2.68. The molecule has 2 aromatic rings. The predicted octanol–water partition coefficient (Wildman–Crippen LogP) is 6.97. The summed E-state index contributed by atoms with van der Waals surface area (Å²) in [6.45, 7) is 13.2. The van der Waals surface area contributed by atoms with Crippen LogP contribution in [0.5, 0.6) is 0 Å². The van der Waals surface area contributed by atoms with Gasteiger partial charge in [-0.3, -0.25) is 9.89 Å². The Balaban J connectivity index is 2.52. The fraction of sp³-hybridized carbons (Fsp3) is 0.296. The molecule has 0 amide bonds. The second-order valence-electron chi connectivity index (χ2n) is 7.54. The fourth-order valence-electron chi connectivity index (χ4n) is 3.68. The average molecular weight is 387 g/mol. The summed E-state index contributed by atoms with van der Waals surface area (Å²) in [7, 11) is 2.17. The van der Waals surface area contributed by atoms with Crippen LogP contribution in [-0.2, 0) is 6.54 Å². The first-order valence-electron chi connectivity index (χ1n) is 10.3. The highest BCUT2D eigenvalue weighted by atomic mass is 15.1. The van der Waals surface area contributed by atoms with Crippen LogP contribution in [0.25, 0.3) is 0 Å². The molecule has 152 valence electrons. The molecule has 0 aromatic heterocycles. The van der Waals surface area contributed by atoms with Crippen LogP contribution in [0.3, 0.4) is 0 Å². The maximum atomic E-state index is 4.39. The van der Waals surface area contributed by atoms with Gasteiger partial charge in [0.25, 0.3) is 0 Å². The van der Waals surface area contributed by atoms with Gasteiger partial charge in [-0.05, 0) is 63.7 Å². The molecule has 0 saturated heterocycles. The van der Waals surface area contributed by atoms with Crippen LogP contribution in [0.2, 0.25) is 0 Å². The van der Waals surface area contributed by atoms with E-state index in [1.54, 1.807) is 0 Å². The van der Waals surface area contributed by atoms with Gasteiger partial charge in [0.05, 0.1) is 11.7 Å². The second-order valence-corrected chi connectivity index (χ2v) is 7.54. The summed E-state index contributed by atoms with van der Waals surface area (Å²) in [6.07, 6.45) is 9.57. The van der Waals surface area contributed by atoms with Gasteiger partial charge >= 0.3 is 0 Å². The van der Waals surface area contributed by atoms with Gasteiger partial charge in [-0.25, -0.2) is 0 Å². The van der Waals surface area contributed by atoms with Gasteiger partial charge in [0.15, 0.2) is 0 Å². The van der Waals surface area contributed by atoms with E-state index in [4.69, 9.17) is 0 Å². The highest BCUT2D eigenvalue weighted by Gasteiger charge is 2.17. The molecule has 2 heteroatoms. The van der Waals surface area contributed by atoms with E-state index in [0.717, 1.165) is 24.2 Å². The standard InChI is InChI=1S/C27H34N2/c1-7-12-24(13-8-2)26(28-5)19-27(25-17-21(3)16-22(4)18-25)29(6)20-23-14-10-9-11-15-23/h7,9-19,27H,5,8,20H2,1-4,6H3/b12-7-,24-13+,26-19-. The van der Waals surface area contributed by atoms with Crippen molar-refractivity contribution in [1.29, 1.82) is 0 Å². The molecule has 0 radical (unpaired) electrons. The zero-order valence-electron chi connectivity index (χ0n) is 18.5. The number of hydrogen-bond donors (Lipinski definition) is 0. The van der Waals surface area contributed by atoms with Crippen molar-refractivity contribution in [2.24, 2.45) is 4.99 Å². The molecule has 2 rings (SSSR count). The number of likely N-dealkylation sites (N-methyl/N-ethyl adjacent to an activating group) is 1. The van der Waals surface area contributed by atoms with E-state index < -0.39 is 0 Å². The normalized spacial score (nSPS) is 13.9. The summed E-state index contributed by atoms with van der Waals surface area (Å²) in [6, 6.07) is 17.5. The molecule has 0 fully saturated rings. The molecule has 0 aliphatic rings. The van der Waals surface area contributed by atoms with Gasteiger partial charge in [-0.1, -0.05) is 84.8 Å². The molecular formula is C27H34N2. The van der Waals surface area contributed by atoms with Crippen molar-refractivity contribution in [3.8, 4) is 0 Å². The van der Waals surface area contributed by atoms with E-state index in [1.165, 1.54) is 22.3 Å². The quantitative estimate of drug-likeness (QED) is 0.335. The first kappa shape index (κ1) is 22.6. The zero-order chi connectivity index (χ0) is 21.2. The Hall–Kier alpha value is -2.71. The lowest BCUT2D eigenvalue weighted by Crippen LogP contribution is -2.23. The SMILES string of the molecule is C=NC(=C\C(c1cc(C)cc(C)c1)N(C)Cc1ccccc1)/C(/C=C\C)=C/CC. The number of rotatable bonds is 9.